The minimum Gasteiger partial charge on any atom is -0.310 e. The van der Waals surface area contributed by atoms with E-state index in [1.165, 1.54) is 12.1 Å². The Kier molecular flexibility index (Phi) is 4.57. The van der Waals surface area contributed by atoms with Gasteiger partial charge in [0.25, 0.3) is 5.69 Å². The summed E-state index contributed by atoms with van der Waals surface area (Å²) in [6.07, 6.45) is 0.873. The normalized spacial score (nSPS) is 10.8. The third-order valence-corrected chi connectivity index (χ3v) is 3.20. The second kappa shape index (κ2) is 6.19. The topological polar surface area (TPSA) is 73.8 Å². The monoisotopic (exact) mass is 314 g/mol. The number of non-ortho nitro benzene ring substituents is 1. The third-order valence-electron chi connectivity index (χ3n) is 2.75. The van der Waals surface area contributed by atoms with Gasteiger partial charge in [-0.1, -0.05) is 18.5 Å². The average Bonchev–Trinajstić information content (AvgIpc) is 2.81. The third kappa shape index (κ3) is 2.91. The van der Waals surface area contributed by atoms with Crippen LogP contribution in [0, 0.1) is 10.1 Å². The molecule has 0 aliphatic heterocycles. The van der Waals surface area contributed by atoms with Crippen molar-refractivity contribution < 1.29 is 4.92 Å². The summed E-state index contributed by atoms with van der Waals surface area (Å²) in [4.78, 5) is 10.4. The van der Waals surface area contributed by atoms with E-state index >= 15 is 0 Å². The lowest BCUT2D eigenvalue weighted by Gasteiger charge is -2.08. The van der Waals surface area contributed by atoms with Crippen molar-refractivity contribution in [2.75, 3.05) is 0 Å². The Hall–Kier alpha value is -1.66. The molecule has 1 aromatic heterocycles. The van der Waals surface area contributed by atoms with Gasteiger partial charge < -0.3 is 4.57 Å². The molecule has 0 N–H and O–H groups in total. The minimum absolute atomic E-state index is 0.0778. The van der Waals surface area contributed by atoms with E-state index in [0.29, 0.717) is 23.8 Å². The van der Waals surface area contributed by atoms with E-state index in [2.05, 4.69) is 10.2 Å². The van der Waals surface area contributed by atoms with Crippen molar-refractivity contribution in [3.63, 3.8) is 0 Å². The van der Waals surface area contributed by atoms with E-state index < -0.39 is 4.92 Å². The van der Waals surface area contributed by atoms with Gasteiger partial charge in [-0.3, -0.25) is 10.1 Å². The predicted octanol–water partition coefficient (Wildman–Crippen LogP) is 3.66. The fraction of sp³-hybridized carbons (Fsp3) is 0.333. The van der Waals surface area contributed by atoms with Crippen LogP contribution in [0.4, 0.5) is 5.69 Å². The van der Waals surface area contributed by atoms with Gasteiger partial charge in [-0.2, -0.15) is 0 Å². The summed E-state index contributed by atoms with van der Waals surface area (Å²) in [5.74, 6) is 1.40. The number of hydrogen-bond donors (Lipinski definition) is 0. The molecule has 106 valence electrons. The Morgan fingerprint density at radius 1 is 1.35 bits per heavy atom. The van der Waals surface area contributed by atoms with Crippen molar-refractivity contribution >= 4 is 28.9 Å². The van der Waals surface area contributed by atoms with Gasteiger partial charge in [0.05, 0.1) is 10.8 Å². The number of rotatable bonds is 5. The molecule has 0 spiro atoms. The first-order valence-corrected chi connectivity index (χ1v) is 6.91. The Labute approximate surface area is 125 Å². The highest BCUT2D eigenvalue weighted by Crippen LogP contribution is 2.28. The smallest absolute Gasteiger partial charge is 0.271 e. The molecule has 0 radical (unpaired) electrons. The molecule has 0 saturated heterocycles. The molecule has 2 rings (SSSR count). The summed E-state index contributed by atoms with van der Waals surface area (Å²) in [7, 11) is 0. The van der Waals surface area contributed by atoms with Gasteiger partial charge >= 0.3 is 0 Å². The number of halogens is 2. The second-order valence-electron chi connectivity index (χ2n) is 4.18. The van der Waals surface area contributed by atoms with E-state index in [-0.39, 0.29) is 16.6 Å². The van der Waals surface area contributed by atoms with Crippen molar-refractivity contribution in [2.24, 2.45) is 0 Å². The van der Waals surface area contributed by atoms with Crippen molar-refractivity contribution in [1.82, 2.24) is 14.8 Å². The molecule has 0 atom stereocenters. The Morgan fingerprint density at radius 3 is 2.70 bits per heavy atom. The van der Waals surface area contributed by atoms with Crippen LogP contribution < -0.4 is 0 Å². The molecule has 0 fully saturated rings. The molecule has 0 bridgehead atoms. The predicted molar refractivity (Wildman–Crippen MR) is 77.0 cm³/mol. The van der Waals surface area contributed by atoms with Gasteiger partial charge in [0.2, 0.25) is 0 Å². The molecule has 1 aromatic carbocycles. The second-order valence-corrected chi connectivity index (χ2v) is 4.88. The molecule has 0 saturated carbocycles. The highest BCUT2D eigenvalue weighted by Gasteiger charge is 2.16. The number of aromatic nitrogens is 3. The van der Waals surface area contributed by atoms with Crippen LogP contribution in [-0.2, 0) is 12.4 Å². The Bertz CT molecular complexity index is 642. The fourth-order valence-electron chi connectivity index (χ4n) is 1.91. The SMILES string of the molecule is CCCn1c(CCl)nnc1-c1cc(Cl)cc([N+](=O)[O-])c1. The van der Waals surface area contributed by atoms with Crippen LogP contribution >= 0.6 is 23.2 Å². The molecule has 0 amide bonds. The summed E-state index contributed by atoms with van der Waals surface area (Å²) >= 11 is 11.8. The fourth-order valence-corrected chi connectivity index (χ4v) is 2.34. The van der Waals surface area contributed by atoms with Gasteiger partial charge in [0, 0.05) is 29.3 Å². The zero-order chi connectivity index (χ0) is 14.7. The molecule has 0 aliphatic carbocycles. The lowest BCUT2D eigenvalue weighted by Crippen LogP contribution is -2.04. The van der Waals surface area contributed by atoms with Crippen molar-refractivity contribution in [1.29, 1.82) is 0 Å². The first-order valence-electron chi connectivity index (χ1n) is 6.00. The molecule has 1 heterocycles. The van der Waals surface area contributed by atoms with Crippen LogP contribution in [0.5, 0.6) is 0 Å². The molecular weight excluding hydrogens is 303 g/mol. The average molecular weight is 315 g/mol. The molecule has 6 nitrogen and oxygen atoms in total. The maximum absolute atomic E-state index is 10.9. The highest BCUT2D eigenvalue weighted by molar-refractivity contribution is 6.31. The summed E-state index contributed by atoms with van der Waals surface area (Å²) in [5, 5.41) is 19.2. The lowest BCUT2D eigenvalue weighted by atomic mass is 10.2. The molecule has 2 aromatic rings. The van der Waals surface area contributed by atoms with Crippen molar-refractivity contribution in [3.8, 4) is 11.4 Å². The highest BCUT2D eigenvalue weighted by atomic mass is 35.5. The molecule has 8 heteroatoms. The van der Waals surface area contributed by atoms with E-state index in [4.69, 9.17) is 23.2 Å². The Balaban J connectivity index is 2.56. The number of hydrogen-bond acceptors (Lipinski definition) is 4. The minimum atomic E-state index is -0.488. The quantitative estimate of drug-likeness (QED) is 0.479. The summed E-state index contributed by atoms with van der Waals surface area (Å²) in [6, 6.07) is 4.36. The molecular formula is C12H12Cl2N4O2. The van der Waals surface area contributed by atoms with Crippen LogP contribution in [0.2, 0.25) is 5.02 Å². The van der Waals surface area contributed by atoms with Crippen molar-refractivity contribution in [3.05, 3.63) is 39.2 Å². The summed E-state index contributed by atoms with van der Waals surface area (Å²) in [6.45, 7) is 2.70. The maximum Gasteiger partial charge on any atom is 0.271 e. The van der Waals surface area contributed by atoms with E-state index in [9.17, 15) is 10.1 Å². The van der Waals surface area contributed by atoms with Crippen molar-refractivity contribution in [2.45, 2.75) is 25.8 Å². The molecule has 0 unspecified atom stereocenters. The van der Waals surface area contributed by atoms with Crippen LogP contribution in [0.25, 0.3) is 11.4 Å². The number of nitrogens with zero attached hydrogens (tertiary/aromatic N) is 4. The zero-order valence-corrected chi connectivity index (χ0v) is 12.2. The van der Waals surface area contributed by atoms with Gasteiger partial charge in [-0.05, 0) is 12.5 Å². The van der Waals surface area contributed by atoms with E-state index in [0.717, 1.165) is 6.42 Å². The first-order chi connectivity index (χ1) is 9.56. The molecule has 20 heavy (non-hydrogen) atoms. The number of alkyl halides is 1. The number of nitro groups is 1. The van der Waals surface area contributed by atoms with Gasteiger partial charge in [0.15, 0.2) is 5.82 Å². The summed E-state index contributed by atoms with van der Waals surface area (Å²) in [5.41, 5.74) is 0.479. The van der Waals surface area contributed by atoms with Crippen LogP contribution in [0.15, 0.2) is 18.2 Å². The number of nitro benzene ring substituents is 1. The van der Waals surface area contributed by atoms with Gasteiger partial charge in [-0.25, -0.2) is 0 Å². The largest absolute Gasteiger partial charge is 0.310 e. The maximum atomic E-state index is 10.9. The van der Waals surface area contributed by atoms with Crippen LogP contribution in [0.1, 0.15) is 19.2 Å². The van der Waals surface area contributed by atoms with Gasteiger partial charge in [-0.15, -0.1) is 21.8 Å². The van der Waals surface area contributed by atoms with Crippen LogP contribution in [-0.4, -0.2) is 19.7 Å². The van der Waals surface area contributed by atoms with E-state index in [1.807, 2.05) is 11.5 Å². The van der Waals surface area contributed by atoms with Gasteiger partial charge in [0.1, 0.15) is 5.82 Å². The Morgan fingerprint density at radius 2 is 2.10 bits per heavy atom. The summed E-state index contributed by atoms with van der Waals surface area (Å²) < 4.78 is 1.85. The standard InChI is InChI=1S/C12H12Cl2N4O2/c1-2-3-17-11(7-13)15-16-12(17)8-4-9(14)6-10(5-8)18(19)20/h4-6H,2-3,7H2,1H3. The van der Waals surface area contributed by atoms with Crippen LogP contribution in [0.3, 0.4) is 0 Å². The first kappa shape index (κ1) is 14.7. The molecule has 0 aliphatic rings. The number of benzene rings is 1. The zero-order valence-electron chi connectivity index (χ0n) is 10.7. The van der Waals surface area contributed by atoms with E-state index in [1.54, 1.807) is 6.07 Å². The lowest BCUT2D eigenvalue weighted by molar-refractivity contribution is -0.384.